The first-order chi connectivity index (χ1) is 9.58. The predicted octanol–water partition coefficient (Wildman–Crippen LogP) is 1.40. The first-order valence-electron chi connectivity index (χ1n) is 6.83. The number of rotatable bonds is 1. The number of nitrogens with zero attached hydrogens (tertiary/aromatic N) is 2. The highest BCUT2D eigenvalue weighted by atomic mass is 19.1. The predicted molar refractivity (Wildman–Crippen MR) is 79.0 cm³/mol. The topological polar surface area (TPSA) is 37.3 Å². The van der Waals surface area contributed by atoms with Crippen LogP contribution in [0.2, 0.25) is 0 Å². The Labute approximate surface area is 116 Å². The minimum absolute atomic E-state index is 0.0936. The molecule has 0 radical (unpaired) electrons. The summed E-state index contributed by atoms with van der Waals surface area (Å²) in [5, 5.41) is 3.70. The van der Waals surface area contributed by atoms with Crippen molar-refractivity contribution >= 4 is 16.6 Å². The zero-order valence-electron chi connectivity index (χ0n) is 11.7. The number of piperazine rings is 1. The van der Waals surface area contributed by atoms with Crippen molar-refractivity contribution in [2.24, 2.45) is 7.05 Å². The maximum absolute atomic E-state index is 14.3. The number of pyridine rings is 1. The second-order valence-corrected chi connectivity index (χ2v) is 5.31. The van der Waals surface area contributed by atoms with Gasteiger partial charge in [-0.2, -0.15) is 0 Å². The molecule has 0 atom stereocenters. The third-order valence-corrected chi connectivity index (χ3v) is 3.89. The Morgan fingerprint density at radius 3 is 2.65 bits per heavy atom. The van der Waals surface area contributed by atoms with E-state index in [4.69, 9.17) is 0 Å². The number of nitrogens with one attached hydrogen (secondary N) is 1. The summed E-state index contributed by atoms with van der Waals surface area (Å²) >= 11 is 0. The molecule has 0 unspecified atom stereocenters. The number of hydrogen-bond donors (Lipinski definition) is 1. The number of aromatic nitrogens is 1. The zero-order valence-corrected chi connectivity index (χ0v) is 11.7. The molecule has 1 aromatic heterocycles. The average molecular weight is 275 g/mol. The fourth-order valence-electron chi connectivity index (χ4n) is 2.80. The van der Waals surface area contributed by atoms with E-state index in [1.165, 1.54) is 6.07 Å². The van der Waals surface area contributed by atoms with E-state index in [0.29, 0.717) is 16.6 Å². The molecule has 0 bridgehead atoms. The quantitative estimate of drug-likeness (QED) is 0.854. The molecule has 0 amide bonds. The fraction of sp³-hybridized carbons (Fsp3) is 0.400. The molecule has 1 aliphatic rings. The summed E-state index contributed by atoms with van der Waals surface area (Å²) in [6.07, 6.45) is 1.80. The Hall–Kier alpha value is -1.88. The second kappa shape index (κ2) is 4.90. The van der Waals surface area contributed by atoms with Crippen molar-refractivity contribution in [1.29, 1.82) is 0 Å². The fourth-order valence-corrected chi connectivity index (χ4v) is 2.80. The van der Waals surface area contributed by atoms with E-state index < -0.39 is 0 Å². The van der Waals surface area contributed by atoms with Crippen molar-refractivity contribution in [3.8, 4) is 0 Å². The van der Waals surface area contributed by atoms with Gasteiger partial charge in [0, 0.05) is 50.4 Å². The van der Waals surface area contributed by atoms with Crippen LogP contribution in [0, 0.1) is 12.7 Å². The van der Waals surface area contributed by atoms with Gasteiger partial charge in [-0.25, -0.2) is 4.39 Å². The summed E-state index contributed by atoms with van der Waals surface area (Å²) in [6.45, 7) is 5.02. The summed E-state index contributed by atoms with van der Waals surface area (Å²) in [7, 11) is 1.88. The lowest BCUT2D eigenvalue weighted by Crippen LogP contribution is -2.43. The van der Waals surface area contributed by atoms with Crippen LogP contribution in [0.1, 0.15) is 5.56 Å². The molecule has 5 heteroatoms. The van der Waals surface area contributed by atoms with Crippen LogP contribution in [0.25, 0.3) is 10.9 Å². The molecular formula is C15H18FN3O. The van der Waals surface area contributed by atoms with Gasteiger partial charge in [-0.15, -0.1) is 0 Å². The highest BCUT2D eigenvalue weighted by Crippen LogP contribution is 2.25. The van der Waals surface area contributed by atoms with Gasteiger partial charge in [0.05, 0.1) is 11.2 Å². The van der Waals surface area contributed by atoms with Gasteiger partial charge in [0.1, 0.15) is 5.82 Å². The Morgan fingerprint density at radius 2 is 1.95 bits per heavy atom. The van der Waals surface area contributed by atoms with E-state index in [1.54, 1.807) is 19.2 Å². The number of fused-ring (bicyclic) bond motifs is 1. The Kier molecular flexibility index (Phi) is 3.22. The minimum atomic E-state index is -0.317. The molecule has 0 aliphatic carbocycles. The van der Waals surface area contributed by atoms with E-state index in [9.17, 15) is 9.18 Å². The van der Waals surface area contributed by atoms with E-state index in [-0.39, 0.29) is 11.2 Å². The van der Waals surface area contributed by atoms with Crippen LogP contribution >= 0.6 is 0 Å². The van der Waals surface area contributed by atoms with Crippen LogP contribution in [0.4, 0.5) is 10.1 Å². The average Bonchev–Trinajstić information content (AvgIpc) is 2.45. The van der Waals surface area contributed by atoms with Gasteiger partial charge in [0.25, 0.3) is 0 Å². The second-order valence-electron chi connectivity index (χ2n) is 5.31. The molecule has 1 fully saturated rings. The standard InChI is InChI=1S/C15H18FN3O/c1-10-9-18(2)13-8-14(19-5-3-17-4-6-19)12(16)7-11(13)15(10)20/h7-9,17H,3-6H2,1-2H3. The highest BCUT2D eigenvalue weighted by molar-refractivity contribution is 5.83. The Balaban J connectivity index is 2.21. The molecular weight excluding hydrogens is 257 g/mol. The molecule has 3 rings (SSSR count). The molecule has 2 heterocycles. The summed E-state index contributed by atoms with van der Waals surface area (Å²) in [5.41, 5.74) is 1.89. The maximum atomic E-state index is 14.3. The summed E-state index contributed by atoms with van der Waals surface area (Å²) in [5.74, 6) is -0.317. The van der Waals surface area contributed by atoms with Crippen LogP contribution in [-0.2, 0) is 7.05 Å². The van der Waals surface area contributed by atoms with Crippen LogP contribution in [0.15, 0.2) is 23.1 Å². The van der Waals surface area contributed by atoms with Crippen molar-refractivity contribution in [2.75, 3.05) is 31.1 Å². The van der Waals surface area contributed by atoms with E-state index in [0.717, 1.165) is 31.7 Å². The van der Waals surface area contributed by atoms with Crippen molar-refractivity contribution in [3.05, 3.63) is 39.9 Å². The SMILES string of the molecule is Cc1cn(C)c2cc(N3CCNCC3)c(F)cc2c1=O. The van der Waals surface area contributed by atoms with Crippen molar-refractivity contribution in [2.45, 2.75) is 6.92 Å². The van der Waals surface area contributed by atoms with Crippen molar-refractivity contribution in [3.63, 3.8) is 0 Å². The van der Waals surface area contributed by atoms with Gasteiger partial charge in [0.2, 0.25) is 0 Å². The molecule has 1 aliphatic heterocycles. The first-order valence-corrected chi connectivity index (χ1v) is 6.83. The van der Waals surface area contributed by atoms with Gasteiger partial charge in [-0.3, -0.25) is 4.79 Å². The van der Waals surface area contributed by atoms with Gasteiger partial charge in [0.15, 0.2) is 5.43 Å². The Bertz CT molecular complexity index is 717. The minimum Gasteiger partial charge on any atom is -0.367 e. The summed E-state index contributed by atoms with van der Waals surface area (Å²) in [6, 6.07) is 3.17. The Morgan fingerprint density at radius 1 is 1.25 bits per heavy atom. The van der Waals surface area contributed by atoms with Crippen LogP contribution < -0.4 is 15.6 Å². The van der Waals surface area contributed by atoms with Crippen molar-refractivity contribution in [1.82, 2.24) is 9.88 Å². The molecule has 1 aromatic carbocycles. The van der Waals surface area contributed by atoms with E-state index >= 15 is 0 Å². The first kappa shape index (κ1) is 13.1. The molecule has 1 N–H and O–H groups in total. The monoisotopic (exact) mass is 275 g/mol. The summed E-state index contributed by atoms with van der Waals surface area (Å²) < 4.78 is 16.2. The number of benzene rings is 1. The number of anilines is 1. The largest absolute Gasteiger partial charge is 0.367 e. The summed E-state index contributed by atoms with van der Waals surface area (Å²) in [4.78, 5) is 14.1. The molecule has 2 aromatic rings. The number of halogens is 1. The van der Waals surface area contributed by atoms with Gasteiger partial charge in [-0.1, -0.05) is 0 Å². The molecule has 20 heavy (non-hydrogen) atoms. The third kappa shape index (κ3) is 2.08. The van der Waals surface area contributed by atoms with Crippen LogP contribution in [0.5, 0.6) is 0 Å². The number of aryl methyl sites for hydroxylation is 2. The van der Waals surface area contributed by atoms with Gasteiger partial charge < -0.3 is 14.8 Å². The third-order valence-electron chi connectivity index (χ3n) is 3.89. The smallest absolute Gasteiger partial charge is 0.192 e. The molecule has 0 spiro atoms. The molecule has 1 saturated heterocycles. The zero-order chi connectivity index (χ0) is 14.3. The highest BCUT2D eigenvalue weighted by Gasteiger charge is 2.17. The molecule has 106 valence electrons. The van der Waals surface area contributed by atoms with Crippen LogP contribution in [0.3, 0.4) is 0 Å². The molecule has 0 saturated carbocycles. The maximum Gasteiger partial charge on any atom is 0.192 e. The number of hydrogen-bond acceptors (Lipinski definition) is 3. The van der Waals surface area contributed by atoms with Crippen LogP contribution in [-0.4, -0.2) is 30.7 Å². The van der Waals surface area contributed by atoms with Gasteiger partial charge >= 0.3 is 0 Å². The van der Waals surface area contributed by atoms with Crippen molar-refractivity contribution < 1.29 is 4.39 Å². The lowest BCUT2D eigenvalue weighted by molar-refractivity contribution is 0.567. The van der Waals surface area contributed by atoms with E-state index in [2.05, 4.69) is 5.32 Å². The normalized spacial score (nSPS) is 15.8. The van der Waals surface area contributed by atoms with Gasteiger partial charge in [-0.05, 0) is 19.1 Å². The lowest BCUT2D eigenvalue weighted by atomic mass is 10.1. The van der Waals surface area contributed by atoms with E-state index in [1.807, 2.05) is 16.5 Å². The lowest BCUT2D eigenvalue weighted by Gasteiger charge is -2.30. The molecule has 4 nitrogen and oxygen atoms in total.